The molecule has 26 heavy (non-hydrogen) atoms. The number of hydrogen-bond acceptors (Lipinski definition) is 4. The number of ether oxygens (including phenoxy) is 2. The van der Waals surface area contributed by atoms with Crippen LogP contribution in [0, 0.1) is 0 Å². The van der Waals surface area contributed by atoms with Gasteiger partial charge >= 0.3 is 0 Å². The van der Waals surface area contributed by atoms with Gasteiger partial charge in [-0.3, -0.25) is 9.69 Å². The van der Waals surface area contributed by atoms with Crippen LogP contribution in [0.3, 0.4) is 0 Å². The molecule has 1 aliphatic rings. The van der Waals surface area contributed by atoms with Crippen LogP contribution in [0.25, 0.3) is 0 Å². The molecule has 138 valence electrons. The average molecular weight is 375 g/mol. The standard InChI is InChI=1S/C20H23ClN2O3/c1-25-16-9-10-19(26-2)14(11-16)12-23(15-7-8-15)13-20(24)22-18-6-4-3-5-17(18)21/h3-6,9-11,15H,7-8,12-13H2,1-2H3,(H,22,24). The first kappa shape index (κ1) is 18.5. The zero-order chi connectivity index (χ0) is 18.5. The van der Waals surface area contributed by atoms with E-state index >= 15 is 0 Å². The molecule has 0 bridgehead atoms. The number of halogens is 1. The minimum atomic E-state index is -0.0770. The van der Waals surface area contributed by atoms with Crippen molar-refractivity contribution in [1.29, 1.82) is 0 Å². The van der Waals surface area contributed by atoms with Crippen molar-refractivity contribution in [2.24, 2.45) is 0 Å². The summed E-state index contributed by atoms with van der Waals surface area (Å²) in [4.78, 5) is 14.7. The van der Waals surface area contributed by atoms with Gasteiger partial charge in [-0.05, 0) is 43.2 Å². The van der Waals surface area contributed by atoms with E-state index in [-0.39, 0.29) is 5.91 Å². The van der Waals surface area contributed by atoms with Gasteiger partial charge in [0.25, 0.3) is 0 Å². The molecule has 0 aromatic heterocycles. The number of nitrogens with zero attached hydrogens (tertiary/aromatic N) is 1. The van der Waals surface area contributed by atoms with Crippen LogP contribution in [0.2, 0.25) is 5.02 Å². The molecule has 0 spiro atoms. The third-order valence-electron chi connectivity index (χ3n) is 4.42. The lowest BCUT2D eigenvalue weighted by Crippen LogP contribution is -2.34. The van der Waals surface area contributed by atoms with E-state index in [2.05, 4.69) is 10.2 Å². The average Bonchev–Trinajstić information content (AvgIpc) is 3.48. The fraction of sp³-hybridized carbons (Fsp3) is 0.350. The monoisotopic (exact) mass is 374 g/mol. The highest BCUT2D eigenvalue weighted by Gasteiger charge is 2.31. The predicted octanol–water partition coefficient (Wildman–Crippen LogP) is 3.96. The summed E-state index contributed by atoms with van der Waals surface area (Å²) in [6, 6.07) is 13.4. The minimum Gasteiger partial charge on any atom is -0.497 e. The largest absolute Gasteiger partial charge is 0.497 e. The summed E-state index contributed by atoms with van der Waals surface area (Å²) >= 11 is 6.12. The Morgan fingerprint density at radius 2 is 1.96 bits per heavy atom. The molecule has 2 aromatic carbocycles. The third kappa shape index (κ3) is 4.68. The zero-order valence-electron chi connectivity index (χ0n) is 15.0. The van der Waals surface area contributed by atoms with Crippen LogP contribution in [0.1, 0.15) is 18.4 Å². The fourth-order valence-electron chi connectivity index (χ4n) is 2.91. The summed E-state index contributed by atoms with van der Waals surface area (Å²) in [6.45, 7) is 0.928. The van der Waals surface area contributed by atoms with Crippen LogP contribution in [-0.4, -0.2) is 37.6 Å². The van der Waals surface area contributed by atoms with Gasteiger partial charge in [0, 0.05) is 18.2 Å². The first-order valence-electron chi connectivity index (χ1n) is 8.60. The highest BCUT2D eigenvalue weighted by atomic mass is 35.5. The van der Waals surface area contributed by atoms with Gasteiger partial charge in [0.05, 0.1) is 31.5 Å². The van der Waals surface area contributed by atoms with Crippen molar-refractivity contribution < 1.29 is 14.3 Å². The van der Waals surface area contributed by atoms with E-state index in [1.807, 2.05) is 30.3 Å². The van der Waals surface area contributed by atoms with E-state index < -0.39 is 0 Å². The quantitative estimate of drug-likeness (QED) is 0.759. The SMILES string of the molecule is COc1ccc(OC)c(CN(CC(=O)Nc2ccccc2Cl)C2CC2)c1. The Labute approximate surface area is 158 Å². The van der Waals surface area contributed by atoms with Gasteiger partial charge in [-0.15, -0.1) is 0 Å². The maximum Gasteiger partial charge on any atom is 0.238 e. The molecule has 0 radical (unpaired) electrons. The van der Waals surface area contributed by atoms with Crippen LogP contribution in [0.5, 0.6) is 11.5 Å². The van der Waals surface area contributed by atoms with E-state index in [1.165, 1.54) is 0 Å². The van der Waals surface area contributed by atoms with Gasteiger partial charge in [0.2, 0.25) is 5.91 Å². The van der Waals surface area contributed by atoms with Gasteiger partial charge in [-0.2, -0.15) is 0 Å². The van der Waals surface area contributed by atoms with Gasteiger partial charge < -0.3 is 14.8 Å². The van der Waals surface area contributed by atoms with Crippen LogP contribution < -0.4 is 14.8 Å². The van der Waals surface area contributed by atoms with Gasteiger partial charge in [-0.1, -0.05) is 23.7 Å². The van der Waals surface area contributed by atoms with Crippen LogP contribution in [-0.2, 0) is 11.3 Å². The van der Waals surface area contributed by atoms with Crippen molar-refractivity contribution in [2.75, 3.05) is 26.1 Å². The second-order valence-corrected chi connectivity index (χ2v) is 6.75. The molecule has 1 aliphatic carbocycles. The summed E-state index contributed by atoms with van der Waals surface area (Å²) in [5, 5.41) is 3.43. The Morgan fingerprint density at radius 3 is 2.62 bits per heavy atom. The Bertz CT molecular complexity index is 777. The molecule has 0 atom stereocenters. The fourth-order valence-corrected chi connectivity index (χ4v) is 3.10. The lowest BCUT2D eigenvalue weighted by molar-refractivity contribution is -0.117. The van der Waals surface area contributed by atoms with E-state index in [4.69, 9.17) is 21.1 Å². The number of para-hydroxylation sites is 1. The topological polar surface area (TPSA) is 50.8 Å². The molecule has 5 nitrogen and oxygen atoms in total. The van der Waals surface area contributed by atoms with Crippen LogP contribution >= 0.6 is 11.6 Å². The lowest BCUT2D eigenvalue weighted by Gasteiger charge is -2.23. The zero-order valence-corrected chi connectivity index (χ0v) is 15.8. The first-order valence-corrected chi connectivity index (χ1v) is 8.98. The molecule has 1 saturated carbocycles. The molecule has 0 unspecified atom stereocenters. The number of benzene rings is 2. The van der Waals surface area contributed by atoms with E-state index in [1.54, 1.807) is 26.4 Å². The van der Waals surface area contributed by atoms with Gasteiger partial charge in [0.15, 0.2) is 0 Å². The molecular weight excluding hydrogens is 352 g/mol. The number of carbonyl (C=O) groups is 1. The van der Waals surface area contributed by atoms with E-state index in [9.17, 15) is 4.79 Å². The number of hydrogen-bond donors (Lipinski definition) is 1. The first-order chi connectivity index (χ1) is 12.6. The van der Waals surface area contributed by atoms with Crippen molar-refractivity contribution in [3.8, 4) is 11.5 Å². The number of carbonyl (C=O) groups excluding carboxylic acids is 1. The van der Waals surface area contributed by atoms with Crippen molar-refractivity contribution >= 4 is 23.2 Å². The van der Waals surface area contributed by atoms with Gasteiger partial charge in [0.1, 0.15) is 11.5 Å². The summed E-state index contributed by atoms with van der Waals surface area (Å²) in [5.41, 5.74) is 1.64. The number of rotatable bonds is 8. The lowest BCUT2D eigenvalue weighted by atomic mass is 10.1. The van der Waals surface area contributed by atoms with Gasteiger partial charge in [-0.25, -0.2) is 0 Å². The van der Waals surface area contributed by atoms with Crippen LogP contribution in [0.15, 0.2) is 42.5 Å². The van der Waals surface area contributed by atoms with Crippen LogP contribution in [0.4, 0.5) is 5.69 Å². The molecule has 2 aromatic rings. The van der Waals surface area contributed by atoms with Crippen molar-refractivity contribution in [3.63, 3.8) is 0 Å². The summed E-state index contributed by atoms with van der Waals surface area (Å²) in [7, 11) is 3.29. The molecule has 1 fully saturated rings. The number of amides is 1. The second kappa shape index (κ2) is 8.43. The molecule has 0 aliphatic heterocycles. The Hall–Kier alpha value is -2.24. The molecule has 1 amide bonds. The van der Waals surface area contributed by atoms with E-state index in [0.29, 0.717) is 29.8 Å². The third-order valence-corrected chi connectivity index (χ3v) is 4.75. The molecule has 6 heteroatoms. The highest BCUT2D eigenvalue weighted by molar-refractivity contribution is 6.33. The Morgan fingerprint density at radius 1 is 1.19 bits per heavy atom. The summed E-state index contributed by atoms with van der Waals surface area (Å²) < 4.78 is 10.8. The molecule has 0 heterocycles. The predicted molar refractivity (Wildman–Crippen MR) is 103 cm³/mol. The van der Waals surface area contributed by atoms with Crippen molar-refractivity contribution in [2.45, 2.75) is 25.4 Å². The second-order valence-electron chi connectivity index (χ2n) is 6.34. The smallest absolute Gasteiger partial charge is 0.238 e. The maximum atomic E-state index is 12.5. The number of methoxy groups -OCH3 is 2. The molecular formula is C20H23ClN2O3. The molecule has 3 rings (SSSR count). The number of anilines is 1. The summed E-state index contributed by atoms with van der Waals surface area (Å²) in [6.07, 6.45) is 2.21. The Balaban J connectivity index is 1.70. The summed E-state index contributed by atoms with van der Waals surface area (Å²) in [5.74, 6) is 1.49. The normalized spacial score (nSPS) is 13.5. The maximum absolute atomic E-state index is 12.5. The molecule has 1 N–H and O–H groups in total. The van der Waals surface area contributed by atoms with E-state index in [0.717, 1.165) is 29.9 Å². The van der Waals surface area contributed by atoms with Crippen molar-refractivity contribution in [3.05, 3.63) is 53.1 Å². The number of nitrogens with one attached hydrogen (secondary N) is 1. The highest BCUT2D eigenvalue weighted by Crippen LogP contribution is 2.32. The van der Waals surface area contributed by atoms with Crippen molar-refractivity contribution in [1.82, 2.24) is 4.90 Å². The Kier molecular flexibility index (Phi) is 6.01. The minimum absolute atomic E-state index is 0.0770. The molecule has 0 saturated heterocycles.